The van der Waals surface area contributed by atoms with E-state index in [0.29, 0.717) is 12.6 Å². The summed E-state index contributed by atoms with van der Waals surface area (Å²) >= 11 is 0. The molecule has 2 rings (SSSR count). The van der Waals surface area contributed by atoms with Crippen LogP contribution in [0.2, 0.25) is 0 Å². The zero-order valence-corrected chi connectivity index (χ0v) is 10.3. The molecule has 1 saturated carbocycles. The second-order valence-corrected chi connectivity index (χ2v) is 5.25. The van der Waals surface area contributed by atoms with E-state index in [4.69, 9.17) is 0 Å². The molecular formula is C13H26N2O. The molecule has 16 heavy (non-hydrogen) atoms. The van der Waals surface area contributed by atoms with Gasteiger partial charge in [0.05, 0.1) is 6.61 Å². The van der Waals surface area contributed by atoms with Crippen LogP contribution in [0, 0.1) is 0 Å². The molecule has 2 aliphatic rings. The molecule has 2 N–H and O–H groups in total. The van der Waals surface area contributed by atoms with Crippen LogP contribution >= 0.6 is 0 Å². The van der Waals surface area contributed by atoms with Gasteiger partial charge in [-0.15, -0.1) is 0 Å². The van der Waals surface area contributed by atoms with E-state index >= 15 is 0 Å². The normalized spacial score (nSPS) is 28.5. The Labute approximate surface area is 99.2 Å². The SMILES string of the molecule is OCCN(C1CCCCC1)C1CCCNC1. The molecule has 2 fully saturated rings. The Hall–Kier alpha value is -0.120. The summed E-state index contributed by atoms with van der Waals surface area (Å²) < 4.78 is 0. The molecule has 0 spiro atoms. The molecule has 94 valence electrons. The number of hydrogen-bond acceptors (Lipinski definition) is 3. The molecule has 0 bridgehead atoms. The summed E-state index contributed by atoms with van der Waals surface area (Å²) in [5.41, 5.74) is 0. The van der Waals surface area contributed by atoms with E-state index in [1.54, 1.807) is 0 Å². The Morgan fingerprint density at radius 1 is 1.00 bits per heavy atom. The summed E-state index contributed by atoms with van der Waals surface area (Å²) in [6, 6.07) is 1.41. The maximum absolute atomic E-state index is 9.24. The number of aliphatic hydroxyl groups excluding tert-OH is 1. The van der Waals surface area contributed by atoms with E-state index in [1.807, 2.05) is 0 Å². The van der Waals surface area contributed by atoms with Gasteiger partial charge in [0.2, 0.25) is 0 Å². The van der Waals surface area contributed by atoms with Gasteiger partial charge < -0.3 is 10.4 Å². The summed E-state index contributed by atoms with van der Waals surface area (Å²) in [6.07, 6.45) is 9.46. The van der Waals surface area contributed by atoms with E-state index in [0.717, 1.165) is 19.1 Å². The van der Waals surface area contributed by atoms with Crippen molar-refractivity contribution in [2.24, 2.45) is 0 Å². The van der Waals surface area contributed by atoms with Gasteiger partial charge in [0.1, 0.15) is 0 Å². The molecule has 0 radical (unpaired) electrons. The number of rotatable bonds is 4. The Morgan fingerprint density at radius 2 is 1.75 bits per heavy atom. The molecule has 1 aliphatic carbocycles. The monoisotopic (exact) mass is 226 g/mol. The Bertz CT molecular complexity index is 168. The Balaban J connectivity index is 1.91. The fourth-order valence-electron chi connectivity index (χ4n) is 3.31. The fraction of sp³-hybridized carbons (Fsp3) is 1.00. The Kier molecular flexibility index (Phi) is 5.07. The van der Waals surface area contributed by atoms with Gasteiger partial charge in [0.15, 0.2) is 0 Å². The van der Waals surface area contributed by atoms with Crippen LogP contribution in [0.25, 0.3) is 0 Å². The van der Waals surface area contributed by atoms with E-state index < -0.39 is 0 Å². The van der Waals surface area contributed by atoms with Gasteiger partial charge in [0, 0.05) is 25.2 Å². The highest BCUT2D eigenvalue weighted by atomic mass is 16.3. The van der Waals surface area contributed by atoms with Crippen molar-refractivity contribution in [3.8, 4) is 0 Å². The lowest BCUT2D eigenvalue weighted by Gasteiger charge is -2.41. The first-order valence-corrected chi connectivity index (χ1v) is 6.99. The summed E-state index contributed by atoms with van der Waals surface area (Å²) in [7, 11) is 0. The number of hydrogen-bond donors (Lipinski definition) is 2. The number of nitrogens with zero attached hydrogens (tertiary/aromatic N) is 1. The molecule has 1 atom stereocenters. The molecule has 1 aliphatic heterocycles. The third-order valence-corrected chi connectivity index (χ3v) is 4.14. The van der Waals surface area contributed by atoms with Gasteiger partial charge in [-0.25, -0.2) is 0 Å². The first-order chi connectivity index (χ1) is 7.92. The predicted octanol–water partition coefficient (Wildman–Crippen LogP) is 1.37. The van der Waals surface area contributed by atoms with Crippen LogP contribution in [0.5, 0.6) is 0 Å². The maximum atomic E-state index is 9.24. The summed E-state index contributed by atoms with van der Waals surface area (Å²) in [5.74, 6) is 0. The maximum Gasteiger partial charge on any atom is 0.0558 e. The lowest BCUT2D eigenvalue weighted by atomic mass is 9.92. The molecule has 1 heterocycles. The minimum atomic E-state index is 0.313. The minimum absolute atomic E-state index is 0.313. The van der Waals surface area contributed by atoms with Crippen molar-refractivity contribution in [3.63, 3.8) is 0 Å². The van der Waals surface area contributed by atoms with Crippen LogP contribution in [0.4, 0.5) is 0 Å². The van der Waals surface area contributed by atoms with Crippen LogP contribution < -0.4 is 5.32 Å². The molecule has 1 unspecified atom stereocenters. The smallest absolute Gasteiger partial charge is 0.0558 e. The van der Waals surface area contributed by atoms with Crippen LogP contribution in [-0.4, -0.2) is 48.3 Å². The van der Waals surface area contributed by atoms with Gasteiger partial charge in [-0.3, -0.25) is 4.90 Å². The molecule has 3 heteroatoms. The summed E-state index contributed by atoms with van der Waals surface area (Å²) in [4.78, 5) is 2.59. The van der Waals surface area contributed by atoms with Gasteiger partial charge in [-0.2, -0.15) is 0 Å². The minimum Gasteiger partial charge on any atom is -0.395 e. The highest BCUT2D eigenvalue weighted by Crippen LogP contribution is 2.25. The van der Waals surface area contributed by atoms with Crippen molar-refractivity contribution in [1.82, 2.24) is 10.2 Å². The van der Waals surface area contributed by atoms with Gasteiger partial charge >= 0.3 is 0 Å². The second kappa shape index (κ2) is 6.58. The fourth-order valence-corrected chi connectivity index (χ4v) is 3.31. The van der Waals surface area contributed by atoms with E-state index in [9.17, 15) is 5.11 Å². The average molecular weight is 226 g/mol. The lowest BCUT2D eigenvalue weighted by molar-refractivity contribution is 0.0680. The third-order valence-electron chi connectivity index (χ3n) is 4.14. The first-order valence-electron chi connectivity index (χ1n) is 6.99. The predicted molar refractivity (Wildman–Crippen MR) is 66.6 cm³/mol. The summed E-state index contributed by atoms with van der Waals surface area (Å²) in [6.45, 7) is 3.48. The van der Waals surface area contributed by atoms with Crippen LogP contribution in [0.1, 0.15) is 44.9 Å². The van der Waals surface area contributed by atoms with Crippen molar-refractivity contribution < 1.29 is 5.11 Å². The molecule has 1 saturated heterocycles. The standard InChI is InChI=1S/C13H26N2O/c16-10-9-15(12-5-2-1-3-6-12)13-7-4-8-14-11-13/h12-14,16H,1-11H2. The first kappa shape index (κ1) is 12.3. The highest BCUT2D eigenvalue weighted by molar-refractivity contribution is 4.85. The summed E-state index contributed by atoms with van der Waals surface area (Å²) in [5, 5.41) is 12.7. The molecule has 0 aromatic heterocycles. The lowest BCUT2D eigenvalue weighted by Crippen LogP contribution is -2.51. The number of piperidine rings is 1. The van der Waals surface area contributed by atoms with Crippen LogP contribution in [0.3, 0.4) is 0 Å². The zero-order chi connectivity index (χ0) is 11.2. The quantitative estimate of drug-likeness (QED) is 0.760. The van der Waals surface area contributed by atoms with Crippen molar-refractivity contribution in [2.45, 2.75) is 57.0 Å². The number of nitrogens with one attached hydrogen (secondary N) is 1. The molecule has 0 aromatic rings. The zero-order valence-electron chi connectivity index (χ0n) is 10.3. The van der Waals surface area contributed by atoms with Crippen molar-refractivity contribution >= 4 is 0 Å². The topological polar surface area (TPSA) is 35.5 Å². The van der Waals surface area contributed by atoms with Gasteiger partial charge in [-0.05, 0) is 32.2 Å². The average Bonchev–Trinajstić information content (AvgIpc) is 2.38. The largest absolute Gasteiger partial charge is 0.395 e. The van der Waals surface area contributed by atoms with Gasteiger partial charge in [-0.1, -0.05) is 19.3 Å². The molecule has 0 amide bonds. The highest BCUT2D eigenvalue weighted by Gasteiger charge is 2.27. The molecular weight excluding hydrogens is 200 g/mol. The van der Waals surface area contributed by atoms with Gasteiger partial charge in [0.25, 0.3) is 0 Å². The van der Waals surface area contributed by atoms with E-state index in [2.05, 4.69) is 10.2 Å². The molecule has 0 aromatic carbocycles. The third kappa shape index (κ3) is 3.19. The van der Waals surface area contributed by atoms with Crippen LogP contribution in [0.15, 0.2) is 0 Å². The van der Waals surface area contributed by atoms with E-state index in [-0.39, 0.29) is 0 Å². The van der Waals surface area contributed by atoms with Crippen molar-refractivity contribution in [1.29, 1.82) is 0 Å². The van der Waals surface area contributed by atoms with Crippen LogP contribution in [-0.2, 0) is 0 Å². The molecule has 3 nitrogen and oxygen atoms in total. The van der Waals surface area contributed by atoms with Crippen molar-refractivity contribution in [2.75, 3.05) is 26.2 Å². The Morgan fingerprint density at radius 3 is 2.38 bits per heavy atom. The number of aliphatic hydroxyl groups is 1. The van der Waals surface area contributed by atoms with E-state index in [1.165, 1.54) is 51.5 Å². The van der Waals surface area contributed by atoms with Crippen molar-refractivity contribution in [3.05, 3.63) is 0 Å². The second-order valence-electron chi connectivity index (χ2n) is 5.25.